The zero-order chi connectivity index (χ0) is 17.0. The van der Waals surface area contributed by atoms with Crippen molar-refractivity contribution in [3.8, 4) is 5.69 Å². The highest BCUT2D eigenvalue weighted by atomic mass is 16.7. The Morgan fingerprint density at radius 1 is 1.04 bits per heavy atom. The average Bonchev–Trinajstić information content (AvgIpc) is 2.84. The molecular weight excluding hydrogens is 292 g/mol. The molecule has 0 bridgehead atoms. The fourth-order valence-electron chi connectivity index (χ4n) is 2.32. The molecular formula is C18H20N2O3. The predicted octanol–water partition coefficient (Wildman–Crippen LogP) is 3.04. The van der Waals surface area contributed by atoms with Gasteiger partial charge < -0.3 is 9.40 Å². The monoisotopic (exact) mass is 312 g/mol. The Morgan fingerprint density at radius 3 is 2.13 bits per heavy atom. The molecule has 0 aliphatic rings. The first-order chi connectivity index (χ1) is 10.9. The number of rotatable bonds is 3. The molecule has 120 valence electrons. The van der Waals surface area contributed by atoms with Crippen LogP contribution in [0.1, 0.15) is 23.9 Å². The van der Waals surface area contributed by atoms with Crippen molar-refractivity contribution in [1.82, 2.24) is 9.63 Å². The third-order valence-electron chi connectivity index (χ3n) is 3.42. The lowest BCUT2D eigenvalue weighted by molar-refractivity contribution is -0.187. The van der Waals surface area contributed by atoms with Crippen LogP contribution in [0.4, 0.5) is 0 Å². The molecule has 0 spiro atoms. The molecule has 0 fully saturated rings. The number of carbonyl (C=O) groups is 2. The minimum Gasteiger partial charge on any atom is -0.338 e. The Kier molecular flexibility index (Phi) is 5.01. The Hall–Kier alpha value is -2.82. The lowest BCUT2D eigenvalue weighted by Gasteiger charge is -2.12. The minimum absolute atomic E-state index is 0.402. The summed E-state index contributed by atoms with van der Waals surface area (Å²) >= 11 is 0. The van der Waals surface area contributed by atoms with Gasteiger partial charge in [0, 0.05) is 37.1 Å². The Morgan fingerprint density at radius 2 is 1.61 bits per heavy atom. The van der Waals surface area contributed by atoms with Crippen molar-refractivity contribution in [3.05, 3.63) is 59.4 Å². The second-order valence-corrected chi connectivity index (χ2v) is 5.29. The smallest absolute Gasteiger partial charge is 0.329 e. The largest absolute Gasteiger partial charge is 0.338 e. The van der Waals surface area contributed by atoms with Crippen LogP contribution in [0, 0.1) is 13.8 Å². The van der Waals surface area contributed by atoms with Crippen LogP contribution in [0.2, 0.25) is 0 Å². The summed E-state index contributed by atoms with van der Waals surface area (Å²) in [6.07, 6.45) is 3.05. The van der Waals surface area contributed by atoms with Gasteiger partial charge in [-0.05, 0) is 49.8 Å². The van der Waals surface area contributed by atoms with E-state index in [1.807, 2.05) is 24.3 Å². The number of aryl methyl sites for hydroxylation is 2. The molecule has 0 N–H and O–H groups in total. The maximum atomic E-state index is 11.8. The van der Waals surface area contributed by atoms with Gasteiger partial charge in [0.25, 0.3) is 5.91 Å². The molecule has 5 heteroatoms. The van der Waals surface area contributed by atoms with E-state index >= 15 is 0 Å². The van der Waals surface area contributed by atoms with Gasteiger partial charge in [0.15, 0.2) is 0 Å². The van der Waals surface area contributed by atoms with Gasteiger partial charge >= 0.3 is 5.97 Å². The van der Waals surface area contributed by atoms with Crippen molar-refractivity contribution in [2.45, 2.75) is 20.8 Å². The number of hydroxylamine groups is 2. The Balaban J connectivity index is 2.10. The highest BCUT2D eigenvalue weighted by molar-refractivity contribution is 5.91. The van der Waals surface area contributed by atoms with Gasteiger partial charge in [-0.15, -0.1) is 0 Å². The average molecular weight is 312 g/mol. The number of carbonyl (C=O) groups excluding carboxylic acids is 2. The number of nitrogens with zero attached hydrogens (tertiary/aromatic N) is 2. The molecule has 2 rings (SSSR count). The SMILES string of the molecule is CC(=O)ON(C)C(=O)/C=C/c1ccc(-n2c(C)ccc2C)cc1. The lowest BCUT2D eigenvalue weighted by atomic mass is 10.2. The van der Waals surface area contributed by atoms with Gasteiger partial charge in [0.05, 0.1) is 0 Å². The normalized spacial score (nSPS) is 10.8. The summed E-state index contributed by atoms with van der Waals surface area (Å²) in [5.74, 6) is -0.933. The van der Waals surface area contributed by atoms with E-state index in [0.717, 1.165) is 16.3 Å². The quantitative estimate of drug-likeness (QED) is 0.646. The second-order valence-electron chi connectivity index (χ2n) is 5.29. The van der Waals surface area contributed by atoms with E-state index in [9.17, 15) is 9.59 Å². The van der Waals surface area contributed by atoms with Crippen LogP contribution < -0.4 is 0 Å². The highest BCUT2D eigenvalue weighted by Crippen LogP contribution is 2.17. The molecule has 0 saturated carbocycles. The summed E-state index contributed by atoms with van der Waals surface area (Å²) in [6.45, 7) is 5.37. The molecule has 0 saturated heterocycles. The molecule has 0 unspecified atom stereocenters. The van der Waals surface area contributed by atoms with Gasteiger partial charge in [-0.1, -0.05) is 12.1 Å². The van der Waals surface area contributed by atoms with Gasteiger partial charge in [0.1, 0.15) is 0 Å². The number of hydrogen-bond donors (Lipinski definition) is 0. The van der Waals surface area contributed by atoms with E-state index in [2.05, 4.69) is 35.4 Å². The standard InChI is InChI=1S/C18H20N2O3/c1-13-5-6-14(2)20(13)17-10-7-16(8-11-17)9-12-18(22)19(4)23-15(3)21/h5-12H,1-4H3/b12-9+. The molecule has 1 aromatic carbocycles. The summed E-state index contributed by atoms with van der Waals surface area (Å²) in [6, 6.07) is 12.0. The summed E-state index contributed by atoms with van der Waals surface area (Å²) in [5, 5.41) is 0.903. The first-order valence-electron chi connectivity index (χ1n) is 7.28. The third-order valence-corrected chi connectivity index (χ3v) is 3.42. The topological polar surface area (TPSA) is 51.5 Å². The zero-order valence-corrected chi connectivity index (χ0v) is 13.7. The van der Waals surface area contributed by atoms with E-state index < -0.39 is 11.9 Å². The van der Waals surface area contributed by atoms with Crippen molar-refractivity contribution in [2.75, 3.05) is 7.05 Å². The summed E-state index contributed by atoms with van der Waals surface area (Å²) in [5.41, 5.74) is 4.30. The fourth-order valence-corrected chi connectivity index (χ4v) is 2.32. The zero-order valence-electron chi connectivity index (χ0n) is 13.7. The number of benzene rings is 1. The van der Waals surface area contributed by atoms with E-state index in [4.69, 9.17) is 0 Å². The van der Waals surface area contributed by atoms with Gasteiger partial charge in [-0.3, -0.25) is 9.59 Å². The third kappa shape index (κ3) is 4.10. The number of aromatic nitrogens is 1. The van der Waals surface area contributed by atoms with Crippen molar-refractivity contribution in [2.24, 2.45) is 0 Å². The molecule has 23 heavy (non-hydrogen) atoms. The van der Waals surface area contributed by atoms with Crippen LogP contribution in [0.15, 0.2) is 42.5 Å². The summed E-state index contributed by atoms with van der Waals surface area (Å²) in [4.78, 5) is 27.2. The molecule has 0 aliphatic heterocycles. The summed E-state index contributed by atoms with van der Waals surface area (Å²) in [7, 11) is 1.40. The predicted molar refractivity (Wildman–Crippen MR) is 88.8 cm³/mol. The Bertz CT molecular complexity index is 723. The van der Waals surface area contributed by atoms with Crippen LogP contribution >= 0.6 is 0 Å². The maximum absolute atomic E-state index is 11.8. The fraction of sp³-hybridized carbons (Fsp3) is 0.222. The van der Waals surface area contributed by atoms with E-state index in [1.165, 1.54) is 31.4 Å². The highest BCUT2D eigenvalue weighted by Gasteiger charge is 2.08. The van der Waals surface area contributed by atoms with Crippen molar-refractivity contribution in [1.29, 1.82) is 0 Å². The number of amides is 1. The lowest BCUT2D eigenvalue weighted by Crippen LogP contribution is -2.27. The van der Waals surface area contributed by atoms with Gasteiger partial charge in [-0.2, -0.15) is 5.06 Å². The summed E-state index contributed by atoms with van der Waals surface area (Å²) < 4.78 is 2.16. The van der Waals surface area contributed by atoms with Gasteiger partial charge in [-0.25, -0.2) is 0 Å². The Labute approximate surface area is 135 Å². The molecule has 2 aromatic rings. The first-order valence-corrected chi connectivity index (χ1v) is 7.28. The molecule has 0 radical (unpaired) electrons. The number of likely N-dealkylation sites (N-methyl/N-ethyl adjacent to an activating group) is 1. The molecule has 1 aromatic heterocycles. The van der Waals surface area contributed by atoms with Crippen LogP contribution in [0.5, 0.6) is 0 Å². The molecule has 5 nitrogen and oxygen atoms in total. The van der Waals surface area contributed by atoms with Crippen LogP contribution in [-0.2, 0) is 14.4 Å². The van der Waals surface area contributed by atoms with E-state index in [-0.39, 0.29) is 0 Å². The van der Waals surface area contributed by atoms with E-state index in [1.54, 1.807) is 6.08 Å². The molecule has 1 amide bonds. The van der Waals surface area contributed by atoms with Gasteiger partial charge in [0.2, 0.25) is 0 Å². The number of hydrogen-bond acceptors (Lipinski definition) is 3. The first kappa shape index (κ1) is 16.5. The van der Waals surface area contributed by atoms with E-state index in [0.29, 0.717) is 0 Å². The van der Waals surface area contributed by atoms with Crippen LogP contribution in [-0.4, -0.2) is 28.6 Å². The molecule has 0 atom stereocenters. The molecule has 0 aliphatic carbocycles. The second kappa shape index (κ2) is 6.96. The van der Waals surface area contributed by atoms with Crippen LogP contribution in [0.3, 0.4) is 0 Å². The maximum Gasteiger partial charge on any atom is 0.329 e. The van der Waals surface area contributed by atoms with Crippen LogP contribution in [0.25, 0.3) is 11.8 Å². The van der Waals surface area contributed by atoms with Crippen molar-refractivity contribution < 1.29 is 14.4 Å². The van der Waals surface area contributed by atoms with Crippen molar-refractivity contribution in [3.63, 3.8) is 0 Å². The van der Waals surface area contributed by atoms with Crippen molar-refractivity contribution >= 4 is 18.0 Å². The minimum atomic E-state index is -0.531. The molecule has 1 heterocycles.